The monoisotopic (exact) mass is 394 g/mol. The summed E-state index contributed by atoms with van der Waals surface area (Å²) in [5.41, 5.74) is 1.01. The molecule has 1 aliphatic carbocycles. The zero-order chi connectivity index (χ0) is 18.5. The van der Waals surface area contributed by atoms with Crippen LogP contribution in [0.15, 0.2) is 22.5 Å². The van der Waals surface area contributed by atoms with Gasteiger partial charge in [0.25, 0.3) is 0 Å². The Bertz CT molecular complexity index is 761. The number of anilines is 2. The van der Waals surface area contributed by atoms with Gasteiger partial charge < -0.3 is 10.6 Å². The van der Waals surface area contributed by atoms with Gasteiger partial charge in [0.05, 0.1) is 5.25 Å². The maximum absolute atomic E-state index is 13.6. The number of amides is 1. The van der Waals surface area contributed by atoms with Crippen LogP contribution in [0.1, 0.15) is 44.6 Å². The normalized spacial score (nSPS) is 16.3. The second-order valence-corrected chi connectivity index (χ2v) is 9.13. The van der Waals surface area contributed by atoms with Gasteiger partial charge in [-0.2, -0.15) is 0 Å². The predicted octanol–water partition coefficient (Wildman–Crippen LogP) is 4.85. The minimum absolute atomic E-state index is 0.185. The van der Waals surface area contributed by atoms with Gasteiger partial charge >= 0.3 is 0 Å². The van der Waals surface area contributed by atoms with E-state index in [-0.39, 0.29) is 17.0 Å². The first-order valence-corrected chi connectivity index (χ1v) is 10.5. The van der Waals surface area contributed by atoms with E-state index in [1.165, 1.54) is 61.3 Å². The molecule has 1 aromatic carbocycles. The molecule has 8 heteroatoms. The fourth-order valence-corrected chi connectivity index (χ4v) is 4.83. The second-order valence-electron chi connectivity index (χ2n) is 6.57. The van der Waals surface area contributed by atoms with Crippen LogP contribution in [0.3, 0.4) is 0 Å². The number of carbonyl (C=O) groups is 1. The van der Waals surface area contributed by atoms with Crippen molar-refractivity contribution in [3.05, 3.63) is 29.6 Å². The van der Waals surface area contributed by atoms with Crippen molar-refractivity contribution in [2.24, 2.45) is 0 Å². The van der Waals surface area contributed by atoms with Crippen molar-refractivity contribution in [1.29, 1.82) is 0 Å². The Morgan fingerprint density at radius 1 is 1.31 bits per heavy atom. The van der Waals surface area contributed by atoms with Gasteiger partial charge in [0.15, 0.2) is 4.34 Å². The summed E-state index contributed by atoms with van der Waals surface area (Å²) in [5, 5.41) is 15.0. The largest absolute Gasteiger partial charge is 0.357 e. The number of nitrogens with one attached hydrogen (secondary N) is 2. The molecule has 1 aromatic heterocycles. The quantitative estimate of drug-likeness (QED) is 0.686. The highest BCUT2D eigenvalue weighted by molar-refractivity contribution is 8.02. The summed E-state index contributed by atoms with van der Waals surface area (Å²) in [6, 6.07) is 5.16. The average molecular weight is 395 g/mol. The number of hydrogen-bond donors (Lipinski definition) is 2. The molecule has 1 amide bonds. The maximum Gasteiger partial charge on any atom is 0.237 e. The number of hydrogen-bond acceptors (Lipinski definition) is 6. The van der Waals surface area contributed by atoms with Gasteiger partial charge in [0.1, 0.15) is 5.82 Å². The van der Waals surface area contributed by atoms with Gasteiger partial charge in [-0.1, -0.05) is 48.4 Å². The molecule has 1 aliphatic rings. The summed E-state index contributed by atoms with van der Waals surface area (Å²) in [4.78, 5) is 12.3. The molecule has 1 atom stereocenters. The fourth-order valence-electron chi connectivity index (χ4n) is 2.86. The molecule has 1 fully saturated rings. The number of halogens is 1. The number of thioether (sulfide) groups is 1. The van der Waals surface area contributed by atoms with Crippen LogP contribution in [0, 0.1) is 12.7 Å². The molecule has 1 heterocycles. The Kier molecular flexibility index (Phi) is 6.48. The van der Waals surface area contributed by atoms with Gasteiger partial charge in [0, 0.05) is 11.7 Å². The van der Waals surface area contributed by atoms with Crippen LogP contribution in [0.5, 0.6) is 0 Å². The number of nitrogens with zero attached hydrogens (tertiary/aromatic N) is 2. The zero-order valence-corrected chi connectivity index (χ0v) is 16.6. The summed E-state index contributed by atoms with van der Waals surface area (Å²) in [5.74, 6) is -0.513. The Labute approximate surface area is 161 Å². The van der Waals surface area contributed by atoms with Crippen molar-refractivity contribution >= 4 is 39.8 Å². The molecule has 3 rings (SSSR count). The Morgan fingerprint density at radius 3 is 2.81 bits per heavy atom. The molecule has 0 aliphatic heterocycles. The first-order valence-electron chi connectivity index (χ1n) is 8.85. The van der Waals surface area contributed by atoms with E-state index in [0.29, 0.717) is 17.3 Å². The van der Waals surface area contributed by atoms with Crippen LogP contribution >= 0.6 is 23.1 Å². The summed E-state index contributed by atoms with van der Waals surface area (Å²) in [7, 11) is 0. The lowest BCUT2D eigenvalue weighted by Crippen LogP contribution is -2.22. The fraction of sp³-hybridized carbons (Fsp3) is 0.500. The van der Waals surface area contributed by atoms with Crippen molar-refractivity contribution < 1.29 is 9.18 Å². The van der Waals surface area contributed by atoms with Crippen molar-refractivity contribution in [1.82, 2.24) is 10.2 Å². The van der Waals surface area contributed by atoms with E-state index >= 15 is 0 Å². The standard InChI is InChI=1S/C18H23FN4OS2/c1-11-8-9-14(10-15(11)19)20-16(24)12(2)25-18-23-22-17(26-18)21-13-6-4-3-5-7-13/h8-10,12-13H,3-7H2,1-2H3,(H,20,24)(H,21,22). The van der Waals surface area contributed by atoms with Gasteiger partial charge in [-0.05, 0) is 44.4 Å². The molecular weight excluding hydrogens is 371 g/mol. The molecule has 1 unspecified atom stereocenters. The van der Waals surface area contributed by atoms with E-state index in [0.717, 1.165) is 9.47 Å². The molecular formula is C18H23FN4OS2. The molecule has 0 spiro atoms. The summed E-state index contributed by atoms with van der Waals surface area (Å²) in [6.07, 6.45) is 6.18. The van der Waals surface area contributed by atoms with Crippen LogP contribution in [0.25, 0.3) is 0 Å². The number of benzene rings is 1. The van der Waals surface area contributed by atoms with E-state index in [9.17, 15) is 9.18 Å². The minimum Gasteiger partial charge on any atom is -0.357 e. The highest BCUT2D eigenvalue weighted by Gasteiger charge is 2.19. The maximum atomic E-state index is 13.6. The van der Waals surface area contributed by atoms with Gasteiger partial charge in [-0.25, -0.2) is 4.39 Å². The van der Waals surface area contributed by atoms with Gasteiger partial charge in [0.2, 0.25) is 11.0 Å². The number of carbonyl (C=O) groups excluding carboxylic acids is 1. The van der Waals surface area contributed by atoms with Crippen molar-refractivity contribution in [3.8, 4) is 0 Å². The molecule has 2 N–H and O–H groups in total. The van der Waals surface area contributed by atoms with Crippen LogP contribution in [-0.4, -0.2) is 27.4 Å². The third kappa shape index (κ3) is 5.17. The summed E-state index contributed by atoms with van der Waals surface area (Å²) >= 11 is 2.83. The zero-order valence-electron chi connectivity index (χ0n) is 14.9. The molecule has 5 nitrogen and oxygen atoms in total. The Morgan fingerprint density at radius 2 is 2.08 bits per heavy atom. The van der Waals surface area contributed by atoms with Crippen molar-refractivity contribution in [3.63, 3.8) is 0 Å². The predicted molar refractivity (Wildman–Crippen MR) is 105 cm³/mol. The van der Waals surface area contributed by atoms with Gasteiger partial charge in [-0.3, -0.25) is 4.79 Å². The van der Waals surface area contributed by atoms with E-state index < -0.39 is 0 Å². The molecule has 0 bridgehead atoms. The van der Waals surface area contributed by atoms with Crippen molar-refractivity contribution in [2.75, 3.05) is 10.6 Å². The van der Waals surface area contributed by atoms with Crippen LogP contribution in [0.2, 0.25) is 0 Å². The molecule has 2 aromatic rings. The number of rotatable bonds is 6. The van der Waals surface area contributed by atoms with Crippen LogP contribution in [0.4, 0.5) is 15.2 Å². The Balaban J connectivity index is 1.52. The molecule has 0 radical (unpaired) electrons. The van der Waals surface area contributed by atoms with E-state index in [4.69, 9.17) is 0 Å². The molecule has 0 saturated heterocycles. The topological polar surface area (TPSA) is 66.9 Å². The molecule has 140 valence electrons. The first-order chi connectivity index (χ1) is 12.5. The smallest absolute Gasteiger partial charge is 0.237 e. The third-order valence-corrected chi connectivity index (χ3v) is 6.46. The first kappa shape index (κ1) is 19.1. The summed E-state index contributed by atoms with van der Waals surface area (Å²) in [6.45, 7) is 3.49. The third-order valence-electron chi connectivity index (χ3n) is 4.43. The molecule has 26 heavy (non-hydrogen) atoms. The number of aryl methyl sites for hydroxylation is 1. The lowest BCUT2D eigenvalue weighted by Gasteiger charge is -2.21. The van der Waals surface area contributed by atoms with E-state index in [1.54, 1.807) is 26.0 Å². The highest BCUT2D eigenvalue weighted by Crippen LogP contribution is 2.31. The van der Waals surface area contributed by atoms with Gasteiger partial charge in [-0.15, -0.1) is 10.2 Å². The van der Waals surface area contributed by atoms with Crippen molar-refractivity contribution in [2.45, 2.75) is 61.6 Å². The highest BCUT2D eigenvalue weighted by atomic mass is 32.2. The van der Waals surface area contributed by atoms with E-state index in [2.05, 4.69) is 20.8 Å². The second kappa shape index (κ2) is 8.81. The van der Waals surface area contributed by atoms with Crippen LogP contribution in [-0.2, 0) is 4.79 Å². The summed E-state index contributed by atoms with van der Waals surface area (Å²) < 4.78 is 14.3. The lowest BCUT2D eigenvalue weighted by molar-refractivity contribution is -0.115. The average Bonchev–Trinajstić information content (AvgIpc) is 3.06. The van der Waals surface area contributed by atoms with Crippen LogP contribution < -0.4 is 10.6 Å². The minimum atomic E-state index is -0.352. The molecule has 1 saturated carbocycles. The SMILES string of the molecule is Cc1ccc(NC(=O)C(C)Sc2nnc(NC3CCCCC3)s2)cc1F. The Hall–Kier alpha value is -1.67. The van der Waals surface area contributed by atoms with E-state index in [1.807, 2.05) is 0 Å². The number of aromatic nitrogens is 2. The lowest BCUT2D eigenvalue weighted by atomic mass is 9.96.